The summed E-state index contributed by atoms with van der Waals surface area (Å²) < 4.78 is 0. The van der Waals surface area contributed by atoms with Gasteiger partial charge in [0.25, 0.3) is 0 Å². The van der Waals surface area contributed by atoms with Gasteiger partial charge in [-0.2, -0.15) is 0 Å². The van der Waals surface area contributed by atoms with Crippen molar-refractivity contribution in [2.75, 3.05) is 69.6 Å². The molecule has 0 unspecified atom stereocenters. The van der Waals surface area contributed by atoms with Gasteiger partial charge in [0, 0.05) is 62.3 Å². The second-order valence-corrected chi connectivity index (χ2v) is 9.20. The molecule has 4 heterocycles. The molecule has 2 saturated heterocycles. The van der Waals surface area contributed by atoms with Gasteiger partial charge >= 0.3 is 0 Å². The summed E-state index contributed by atoms with van der Waals surface area (Å²) in [6, 6.07) is 4.27. The van der Waals surface area contributed by atoms with Gasteiger partial charge < -0.3 is 20.0 Å². The fraction of sp³-hybridized carbons (Fsp3) is 0.625. The number of aryl methyl sites for hydroxylation is 1. The van der Waals surface area contributed by atoms with Crippen LogP contribution in [0.5, 0.6) is 0 Å². The van der Waals surface area contributed by atoms with E-state index >= 15 is 0 Å². The second-order valence-electron chi connectivity index (χ2n) is 9.20. The van der Waals surface area contributed by atoms with Gasteiger partial charge in [-0.05, 0) is 70.8 Å². The lowest BCUT2D eigenvalue weighted by molar-refractivity contribution is 0.312. The molecular weight excluding hydrogens is 386 g/mol. The van der Waals surface area contributed by atoms with Crippen molar-refractivity contribution in [1.82, 2.24) is 24.8 Å². The van der Waals surface area contributed by atoms with Crippen LogP contribution in [0.25, 0.3) is 11.4 Å². The van der Waals surface area contributed by atoms with Gasteiger partial charge in [-0.3, -0.25) is 0 Å². The van der Waals surface area contributed by atoms with E-state index in [1.165, 1.54) is 50.0 Å². The molecule has 2 aliphatic heterocycles. The maximum absolute atomic E-state index is 4.97. The number of piperazine rings is 1. The topological polar surface area (TPSA) is 60.4 Å². The number of hydrogen-bond donors (Lipinski definition) is 1. The Morgan fingerprint density at radius 2 is 1.71 bits per heavy atom. The third-order valence-electron chi connectivity index (χ3n) is 6.94. The zero-order valence-corrected chi connectivity index (χ0v) is 18.8. The summed E-state index contributed by atoms with van der Waals surface area (Å²) in [5, 5.41) is 3.65. The van der Waals surface area contributed by atoms with Gasteiger partial charge in [0.1, 0.15) is 11.6 Å². The molecule has 31 heavy (non-hydrogen) atoms. The number of hydrogen-bond acceptors (Lipinski definition) is 7. The summed E-state index contributed by atoms with van der Waals surface area (Å²) in [7, 11) is 2.18. The Labute approximate surface area is 185 Å². The molecule has 0 amide bonds. The van der Waals surface area contributed by atoms with E-state index in [0.717, 1.165) is 75.1 Å². The molecule has 7 nitrogen and oxygen atoms in total. The third kappa shape index (κ3) is 4.83. The zero-order chi connectivity index (χ0) is 21.0. The third-order valence-corrected chi connectivity index (χ3v) is 6.94. The standard InChI is InChI=1S/C24H35N7/c1-29-14-16-31(17-15-29)22-9-8-19(18-26-22)23-27-21-7-3-2-6-20(21)24(28-23)25-10-13-30-11-4-5-12-30/h8-9,18H,2-7,10-17H2,1H3,(H,25,27,28). The number of likely N-dealkylation sites (N-methyl/N-ethyl adjacent to an activating group) is 1. The summed E-state index contributed by atoms with van der Waals surface area (Å²) >= 11 is 0. The maximum atomic E-state index is 4.97. The summed E-state index contributed by atoms with van der Waals surface area (Å²) in [6.07, 6.45) is 9.22. The molecule has 1 N–H and O–H groups in total. The van der Waals surface area contributed by atoms with Crippen LogP contribution in [0.15, 0.2) is 18.3 Å². The fourth-order valence-electron chi connectivity index (χ4n) is 4.95. The molecule has 2 aromatic heterocycles. The zero-order valence-electron chi connectivity index (χ0n) is 18.8. The van der Waals surface area contributed by atoms with Crippen LogP contribution in [0.2, 0.25) is 0 Å². The molecule has 166 valence electrons. The van der Waals surface area contributed by atoms with Crippen molar-refractivity contribution in [2.45, 2.75) is 38.5 Å². The average Bonchev–Trinajstić information content (AvgIpc) is 3.33. The smallest absolute Gasteiger partial charge is 0.163 e. The number of fused-ring (bicyclic) bond motifs is 1. The Morgan fingerprint density at radius 3 is 2.48 bits per heavy atom. The summed E-state index contributed by atoms with van der Waals surface area (Å²) in [4.78, 5) is 22.0. The van der Waals surface area contributed by atoms with Crippen molar-refractivity contribution < 1.29 is 0 Å². The maximum Gasteiger partial charge on any atom is 0.163 e. The van der Waals surface area contributed by atoms with Gasteiger partial charge in [0.2, 0.25) is 0 Å². The molecule has 0 aromatic carbocycles. The lowest BCUT2D eigenvalue weighted by atomic mass is 9.96. The minimum atomic E-state index is 0.807. The minimum absolute atomic E-state index is 0.807. The highest BCUT2D eigenvalue weighted by Crippen LogP contribution is 2.29. The largest absolute Gasteiger partial charge is 0.368 e. The Morgan fingerprint density at radius 1 is 0.903 bits per heavy atom. The van der Waals surface area contributed by atoms with E-state index in [1.807, 2.05) is 6.20 Å². The van der Waals surface area contributed by atoms with Gasteiger partial charge in [0.05, 0.1) is 0 Å². The van der Waals surface area contributed by atoms with Crippen molar-refractivity contribution >= 4 is 11.6 Å². The van der Waals surface area contributed by atoms with Crippen molar-refractivity contribution in [3.8, 4) is 11.4 Å². The molecule has 0 spiro atoms. The van der Waals surface area contributed by atoms with Crippen molar-refractivity contribution in [3.05, 3.63) is 29.6 Å². The first-order chi connectivity index (χ1) is 15.3. The van der Waals surface area contributed by atoms with E-state index < -0.39 is 0 Å². The molecule has 0 bridgehead atoms. The van der Waals surface area contributed by atoms with Crippen molar-refractivity contribution in [3.63, 3.8) is 0 Å². The molecule has 0 atom stereocenters. The first-order valence-electron chi connectivity index (χ1n) is 12.0. The SMILES string of the molecule is CN1CCN(c2ccc(-c3nc4c(c(NCCN5CCCC5)n3)CCCC4)cn2)CC1. The van der Waals surface area contributed by atoms with Gasteiger partial charge in [-0.15, -0.1) is 0 Å². The van der Waals surface area contributed by atoms with Gasteiger partial charge in [-0.1, -0.05) is 0 Å². The number of anilines is 2. The monoisotopic (exact) mass is 421 g/mol. The van der Waals surface area contributed by atoms with Crippen LogP contribution in [0, 0.1) is 0 Å². The number of aromatic nitrogens is 3. The first-order valence-corrected chi connectivity index (χ1v) is 12.0. The fourth-order valence-corrected chi connectivity index (χ4v) is 4.95. The van der Waals surface area contributed by atoms with Crippen LogP contribution in [0.1, 0.15) is 36.9 Å². The van der Waals surface area contributed by atoms with Crippen LogP contribution in [-0.2, 0) is 12.8 Å². The van der Waals surface area contributed by atoms with Gasteiger partial charge in [-0.25, -0.2) is 15.0 Å². The summed E-state index contributed by atoms with van der Waals surface area (Å²) in [5.74, 6) is 2.91. The quantitative estimate of drug-likeness (QED) is 0.769. The molecule has 2 aromatic rings. The number of pyridine rings is 1. The Hall–Kier alpha value is -2.25. The van der Waals surface area contributed by atoms with E-state index in [-0.39, 0.29) is 0 Å². The molecule has 2 fully saturated rings. The summed E-state index contributed by atoms with van der Waals surface area (Å²) in [5.41, 5.74) is 3.57. The normalized spacial score (nSPS) is 20.1. The molecule has 0 radical (unpaired) electrons. The van der Waals surface area contributed by atoms with Crippen molar-refractivity contribution in [1.29, 1.82) is 0 Å². The van der Waals surface area contributed by atoms with Crippen LogP contribution < -0.4 is 10.2 Å². The van der Waals surface area contributed by atoms with Crippen LogP contribution in [-0.4, -0.2) is 84.2 Å². The highest BCUT2D eigenvalue weighted by molar-refractivity contribution is 5.61. The Bertz CT molecular complexity index is 868. The van der Waals surface area contributed by atoms with Gasteiger partial charge in [0.15, 0.2) is 5.82 Å². The predicted octanol–water partition coefficient (Wildman–Crippen LogP) is 2.68. The lowest BCUT2D eigenvalue weighted by Crippen LogP contribution is -2.44. The van der Waals surface area contributed by atoms with Crippen LogP contribution >= 0.6 is 0 Å². The Balaban J connectivity index is 1.33. The second kappa shape index (κ2) is 9.49. The Kier molecular flexibility index (Phi) is 6.32. The predicted molar refractivity (Wildman–Crippen MR) is 126 cm³/mol. The highest BCUT2D eigenvalue weighted by atomic mass is 15.3. The molecule has 7 heteroatoms. The van der Waals surface area contributed by atoms with Crippen LogP contribution in [0.4, 0.5) is 11.6 Å². The number of likely N-dealkylation sites (tertiary alicyclic amines) is 1. The van der Waals surface area contributed by atoms with E-state index in [0.29, 0.717) is 0 Å². The number of rotatable bonds is 6. The van der Waals surface area contributed by atoms with Crippen molar-refractivity contribution in [2.24, 2.45) is 0 Å². The van der Waals surface area contributed by atoms with Crippen LogP contribution in [0.3, 0.4) is 0 Å². The minimum Gasteiger partial charge on any atom is -0.368 e. The molecule has 3 aliphatic rings. The summed E-state index contributed by atoms with van der Waals surface area (Å²) in [6.45, 7) is 8.75. The van der Waals surface area contributed by atoms with E-state index in [4.69, 9.17) is 15.0 Å². The van der Waals surface area contributed by atoms with E-state index in [1.54, 1.807) is 0 Å². The lowest BCUT2D eigenvalue weighted by Gasteiger charge is -2.33. The molecule has 0 saturated carbocycles. The number of nitrogens with one attached hydrogen (secondary N) is 1. The molecule has 1 aliphatic carbocycles. The molecule has 5 rings (SSSR count). The average molecular weight is 422 g/mol. The van der Waals surface area contributed by atoms with E-state index in [9.17, 15) is 0 Å². The first kappa shape index (κ1) is 20.6. The van der Waals surface area contributed by atoms with E-state index in [2.05, 4.69) is 39.2 Å². The molecular formula is C24H35N7. The number of nitrogens with zero attached hydrogens (tertiary/aromatic N) is 6. The highest BCUT2D eigenvalue weighted by Gasteiger charge is 2.20.